The summed E-state index contributed by atoms with van der Waals surface area (Å²) in [4.78, 5) is 30.2. The van der Waals surface area contributed by atoms with Gasteiger partial charge in [-0.2, -0.15) is 0 Å². The smallest absolute Gasteiger partial charge is 0.328 e. The van der Waals surface area contributed by atoms with Crippen LogP contribution in [0.2, 0.25) is 0 Å². The Kier molecular flexibility index (Phi) is 7.59. The maximum absolute atomic E-state index is 12.6. The van der Waals surface area contributed by atoms with Crippen molar-refractivity contribution in [1.29, 1.82) is 0 Å². The molecule has 0 unspecified atom stereocenters. The number of ether oxygens (including phenoxy) is 1. The molecule has 0 aliphatic heterocycles. The minimum atomic E-state index is -0.883. The third kappa shape index (κ3) is 5.06. The normalized spacial score (nSPS) is 36.1. The molecule has 3 saturated carbocycles. The van der Waals surface area contributed by atoms with Gasteiger partial charge < -0.3 is 25.1 Å². The maximum Gasteiger partial charge on any atom is 0.328 e. The van der Waals surface area contributed by atoms with Gasteiger partial charge in [0.2, 0.25) is 0 Å². The van der Waals surface area contributed by atoms with Gasteiger partial charge in [-0.05, 0) is 98.5 Å². The Bertz CT molecular complexity index is 1230. The minimum absolute atomic E-state index is 0.00207. The number of allylic oxidation sites excluding steroid dienone is 4. The molecule has 8 heteroatoms. The van der Waals surface area contributed by atoms with Gasteiger partial charge in [-0.3, -0.25) is 4.79 Å². The third-order valence-corrected chi connectivity index (χ3v) is 10.7. The minimum Gasteiger partial charge on any atom is -0.508 e. The molecule has 4 aliphatic carbocycles. The highest BCUT2D eigenvalue weighted by Crippen LogP contribution is 2.66. The van der Waals surface area contributed by atoms with Crippen LogP contribution in [-0.4, -0.2) is 53.2 Å². The summed E-state index contributed by atoms with van der Waals surface area (Å²) < 4.78 is 4.84. The van der Waals surface area contributed by atoms with Gasteiger partial charge in [-0.1, -0.05) is 42.8 Å². The van der Waals surface area contributed by atoms with Gasteiger partial charge in [0.25, 0.3) is 5.91 Å². The van der Waals surface area contributed by atoms with E-state index in [9.17, 15) is 19.8 Å². The number of nitrogens with zero attached hydrogens (tertiary/aromatic N) is 1. The van der Waals surface area contributed by atoms with E-state index in [1.165, 1.54) is 24.8 Å². The Morgan fingerprint density at radius 1 is 1.10 bits per heavy atom. The zero-order valence-corrected chi connectivity index (χ0v) is 24.0. The van der Waals surface area contributed by atoms with Gasteiger partial charge in [0.05, 0.1) is 12.7 Å². The summed E-state index contributed by atoms with van der Waals surface area (Å²) in [6, 6.07) is 5.55. The predicted octanol–water partition coefficient (Wildman–Crippen LogP) is 4.45. The van der Waals surface area contributed by atoms with E-state index >= 15 is 0 Å². The van der Waals surface area contributed by atoms with Gasteiger partial charge in [-0.25, -0.2) is 4.79 Å². The topological polar surface area (TPSA) is 117 Å². The monoisotopic (exact) mass is 550 g/mol. The quantitative estimate of drug-likeness (QED) is 0.341. The van der Waals surface area contributed by atoms with Crippen molar-refractivity contribution < 1.29 is 29.4 Å². The summed E-state index contributed by atoms with van der Waals surface area (Å²) in [6.45, 7) is 6.36. The first-order valence-electron chi connectivity index (χ1n) is 14.4. The second-order valence-electron chi connectivity index (χ2n) is 12.8. The molecule has 40 heavy (non-hydrogen) atoms. The van der Waals surface area contributed by atoms with Gasteiger partial charge in [0, 0.05) is 11.8 Å². The van der Waals surface area contributed by atoms with E-state index in [1.54, 1.807) is 12.1 Å². The number of phenols is 1. The molecule has 0 spiro atoms. The fourth-order valence-corrected chi connectivity index (χ4v) is 8.11. The van der Waals surface area contributed by atoms with Crippen LogP contribution >= 0.6 is 0 Å². The number of aromatic hydroxyl groups is 1. The van der Waals surface area contributed by atoms with Crippen molar-refractivity contribution in [3.63, 3.8) is 0 Å². The van der Waals surface area contributed by atoms with Gasteiger partial charge >= 0.3 is 5.97 Å². The van der Waals surface area contributed by atoms with Gasteiger partial charge in [0.15, 0.2) is 6.61 Å². The first-order chi connectivity index (χ1) is 19.0. The Balaban J connectivity index is 1.19. The molecule has 3 N–H and O–H groups in total. The second-order valence-corrected chi connectivity index (χ2v) is 12.8. The second kappa shape index (κ2) is 10.7. The molecule has 0 radical (unpaired) electrons. The van der Waals surface area contributed by atoms with Crippen LogP contribution in [0.4, 0.5) is 0 Å². The summed E-state index contributed by atoms with van der Waals surface area (Å²) in [5.74, 6) is 0.809. The number of hydrogen-bond acceptors (Lipinski definition) is 7. The number of oxime groups is 1. The molecular weight excluding hydrogens is 508 g/mol. The molecule has 216 valence electrons. The van der Waals surface area contributed by atoms with Crippen LogP contribution in [-0.2, 0) is 25.6 Å². The van der Waals surface area contributed by atoms with Crippen LogP contribution in [0.3, 0.4) is 0 Å². The zero-order chi connectivity index (χ0) is 28.7. The highest BCUT2D eigenvalue weighted by atomic mass is 16.6. The first kappa shape index (κ1) is 28.4. The lowest BCUT2D eigenvalue weighted by Crippen LogP contribution is -2.53. The lowest BCUT2D eigenvalue weighted by Gasteiger charge is -2.58. The summed E-state index contributed by atoms with van der Waals surface area (Å²) >= 11 is 0. The van der Waals surface area contributed by atoms with Crippen LogP contribution in [0.1, 0.15) is 64.9 Å². The SMILES string of the molecule is COC(=O)[C@H](Cc1ccc(O)cc1)NC(=O)CON=C1C=C[C@@]2(C)C(=C1)CC[C@H]1[C@H]3CC[C@](C)(O)[C@@]3(C)CC[C@@H]12. The molecule has 1 aromatic carbocycles. The molecule has 3 fully saturated rings. The Labute approximate surface area is 236 Å². The highest BCUT2D eigenvalue weighted by Gasteiger charge is 2.62. The number of fused-ring (bicyclic) bond motifs is 5. The Morgan fingerprint density at radius 2 is 1.82 bits per heavy atom. The Morgan fingerprint density at radius 3 is 2.55 bits per heavy atom. The van der Waals surface area contributed by atoms with E-state index in [1.807, 2.05) is 13.0 Å². The van der Waals surface area contributed by atoms with Crippen LogP contribution in [0.15, 0.2) is 53.2 Å². The molecular formula is C32H42N2O6. The standard InChI is InChI=1S/C32H42N2O6/c1-30-14-11-22(18-21(30)7-10-24-25(30)12-15-31(2)26(24)13-16-32(31,3)38)34-40-19-28(36)33-27(29(37)39-4)17-20-5-8-23(35)9-6-20/h5-6,8-9,11,14,18,24-27,35,38H,7,10,12-13,15-17,19H2,1-4H3,(H,33,36)/t24-,25+,26-,27+,30+,31+,32+/m1/s1. The number of carbonyl (C=O) groups excluding carboxylic acids is 2. The zero-order valence-electron chi connectivity index (χ0n) is 24.0. The van der Waals surface area contributed by atoms with Crippen LogP contribution in [0.5, 0.6) is 5.75 Å². The van der Waals surface area contributed by atoms with Crippen molar-refractivity contribution in [2.24, 2.45) is 33.7 Å². The predicted molar refractivity (Wildman–Crippen MR) is 151 cm³/mol. The van der Waals surface area contributed by atoms with Crippen molar-refractivity contribution in [3.05, 3.63) is 53.6 Å². The van der Waals surface area contributed by atoms with Crippen molar-refractivity contribution in [3.8, 4) is 5.75 Å². The number of aliphatic hydroxyl groups is 1. The average Bonchev–Trinajstić information content (AvgIpc) is 3.17. The summed E-state index contributed by atoms with van der Waals surface area (Å²) in [5.41, 5.74) is 2.20. The molecule has 0 saturated heterocycles. The number of esters is 1. The number of rotatable bonds is 7. The Hall–Kier alpha value is -3.13. The number of carbonyl (C=O) groups is 2. The molecule has 5 rings (SSSR count). The van der Waals surface area contributed by atoms with Crippen LogP contribution in [0, 0.1) is 28.6 Å². The number of hydrogen-bond donors (Lipinski definition) is 3. The van der Waals surface area contributed by atoms with E-state index in [4.69, 9.17) is 9.57 Å². The number of phenolic OH excluding ortho intramolecular Hbond substituents is 1. The van der Waals surface area contributed by atoms with Crippen molar-refractivity contribution in [2.45, 2.75) is 77.4 Å². The summed E-state index contributed by atoms with van der Waals surface area (Å²) in [7, 11) is 1.27. The fraction of sp³-hybridized carbons (Fsp3) is 0.594. The number of nitrogens with one attached hydrogen (secondary N) is 1. The summed E-state index contributed by atoms with van der Waals surface area (Å²) in [5, 5.41) is 27.5. The number of methoxy groups -OCH3 is 1. The third-order valence-electron chi connectivity index (χ3n) is 10.7. The molecule has 1 amide bonds. The molecule has 7 atom stereocenters. The van der Waals surface area contributed by atoms with Gasteiger partial charge in [0.1, 0.15) is 17.5 Å². The van der Waals surface area contributed by atoms with Crippen LogP contribution < -0.4 is 5.32 Å². The molecule has 8 nitrogen and oxygen atoms in total. The maximum atomic E-state index is 12.6. The molecule has 0 bridgehead atoms. The molecule has 4 aliphatic rings. The first-order valence-corrected chi connectivity index (χ1v) is 14.4. The average molecular weight is 551 g/mol. The molecule has 0 aromatic heterocycles. The molecule has 1 aromatic rings. The largest absolute Gasteiger partial charge is 0.508 e. The molecule has 0 heterocycles. The van der Waals surface area contributed by atoms with Crippen molar-refractivity contribution in [2.75, 3.05) is 13.7 Å². The number of amides is 1. The van der Waals surface area contributed by atoms with Gasteiger partial charge in [-0.15, -0.1) is 0 Å². The van der Waals surface area contributed by atoms with E-state index in [0.29, 0.717) is 23.5 Å². The van der Waals surface area contributed by atoms with E-state index in [0.717, 1.165) is 44.1 Å². The highest BCUT2D eigenvalue weighted by molar-refractivity contribution is 6.05. The van der Waals surface area contributed by atoms with Crippen molar-refractivity contribution >= 4 is 17.6 Å². The fourth-order valence-electron chi connectivity index (χ4n) is 8.11. The van der Waals surface area contributed by atoms with E-state index < -0.39 is 23.5 Å². The van der Waals surface area contributed by atoms with E-state index in [2.05, 4.69) is 36.5 Å². The lowest BCUT2D eigenvalue weighted by molar-refractivity contribution is -0.145. The van der Waals surface area contributed by atoms with Crippen LogP contribution in [0.25, 0.3) is 0 Å². The van der Waals surface area contributed by atoms with E-state index in [-0.39, 0.29) is 29.6 Å². The lowest BCUT2D eigenvalue weighted by atomic mass is 9.47. The summed E-state index contributed by atoms with van der Waals surface area (Å²) in [6.07, 6.45) is 12.9. The number of benzene rings is 1. The van der Waals surface area contributed by atoms with Crippen molar-refractivity contribution in [1.82, 2.24) is 5.32 Å².